The lowest BCUT2D eigenvalue weighted by molar-refractivity contribution is 0.310. The molecular weight excluding hydrogens is 366 g/mol. The lowest BCUT2D eigenvalue weighted by Gasteiger charge is -2.29. The van der Waals surface area contributed by atoms with Gasteiger partial charge >= 0.3 is 0 Å². The largest absolute Gasteiger partial charge is 0.285 e. The van der Waals surface area contributed by atoms with Crippen LogP contribution in [-0.2, 0) is 12.8 Å². The number of fused-ring (bicyclic) bond motifs is 1. The molecule has 0 unspecified atom stereocenters. The number of aryl methyl sites for hydroxylation is 1. The summed E-state index contributed by atoms with van der Waals surface area (Å²) >= 11 is 6.70. The Balaban J connectivity index is 1.20. The zero-order valence-electron chi connectivity index (χ0n) is 16.4. The SMILES string of the molecule is Clc1c(CCC2CCC(c3ccccc3)CC2)ccn2c(CC3CC3)nnc12. The van der Waals surface area contributed by atoms with Gasteiger partial charge in [-0.2, -0.15) is 0 Å². The van der Waals surface area contributed by atoms with E-state index in [1.165, 1.54) is 56.1 Å². The van der Waals surface area contributed by atoms with Gasteiger partial charge in [-0.05, 0) is 86.3 Å². The van der Waals surface area contributed by atoms with Crippen molar-refractivity contribution in [1.82, 2.24) is 14.6 Å². The fourth-order valence-electron chi connectivity index (χ4n) is 4.79. The molecule has 4 heteroatoms. The fraction of sp³-hybridized carbons (Fsp3) is 0.500. The van der Waals surface area contributed by atoms with Crippen LogP contribution in [0.4, 0.5) is 0 Å². The molecule has 28 heavy (non-hydrogen) atoms. The summed E-state index contributed by atoms with van der Waals surface area (Å²) in [6.45, 7) is 0. The van der Waals surface area contributed by atoms with Crippen molar-refractivity contribution in [2.24, 2.45) is 11.8 Å². The summed E-state index contributed by atoms with van der Waals surface area (Å²) in [5.41, 5.74) is 3.58. The molecule has 0 radical (unpaired) electrons. The second kappa shape index (κ2) is 7.87. The normalized spacial score (nSPS) is 22.6. The van der Waals surface area contributed by atoms with Crippen molar-refractivity contribution in [2.75, 3.05) is 0 Å². The maximum Gasteiger partial charge on any atom is 0.179 e. The topological polar surface area (TPSA) is 30.2 Å². The molecule has 3 nitrogen and oxygen atoms in total. The molecule has 2 heterocycles. The standard InChI is InChI=1S/C24H28ClN3/c25-23-21(14-15-28-22(16-18-6-7-18)26-27-24(23)28)13-10-17-8-11-20(12-9-17)19-4-2-1-3-5-19/h1-5,14-15,17-18,20H,6-13,16H2. The summed E-state index contributed by atoms with van der Waals surface area (Å²) in [6.07, 6.45) is 13.4. The van der Waals surface area contributed by atoms with E-state index in [9.17, 15) is 0 Å². The van der Waals surface area contributed by atoms with E-state index in [4.69, 9.17) is 11.6 Å². The van der Waals surface area contributed by atoms with Crippen LogP contribution in [0.15, 0.2) is 42.6 Å². The monoisotopic (exact) mass is 393 g/mol. The summed E-state index contributed by atoms with van der Waals surface area (Å²) in [6, 6.07) is 13.2. The molecule has 2 aliphatic carbocycles. The van der Waals surface area contributed by atoms with Crippen LogP contribution < -0.4 is 0 Å². The summed E-state index contributed by atoms with van der Waals surface area (Å²) in [5.74, 6) is 3.43. The van der Waals surface area contributed by atoms with E-state index >= 15 is 0 Å². The van der Waals surface area contributed by atoms with Crippen molar-refractivity contribution in [2.45, 2.75) is 63.7 Å². The van der Waals surface area contributed by atoms with Gasteiger partial charge in [0.2, 0.25) is 0 Å². The molecule has 146 valence electrons. The number of hydrogen-bond acceptors (Lipinski definition) is 2. The van der Waals surface area contributed by atoms with Crippen LogP contribution >= 0.6 is 11.6 Å². The Kier molecular flexibility index (Phi) is 5.11. The molecule has 0 saturated heterocycles. The molecule has 2 saturated carbocycles. The molecule has 3 aromatic rings. The second-order valence-corrected chi connectivity index (χ2v) is 9.16. The number of pyridine rings is 1. The van der Waals surface area contributed by atoms with Crippen molar-refractivity contribution < 1.29 is 0 Å². The lowest BCUT2D eigenvalue weighted by atomic mass is 9.77. The number of aromatic nitrogens is 3. The number of hydrogen-bond donors (Lipinski definition) is 0. The minimum absolute atomic E-state index is 0.748. The van der Waals surface area contributed by atoms with Crippen LogP contribution in [0.3, 0.4) is 0 Å². The first-order valence-electron chi connectivity index (χ1n) is 10.8. The molecule has 0 atom stereocenters. The van der Waals surface area contributed by atoms with Gasteiger partial charge in [0, 0.05) is 12.6 Å². The number of benzene rings is 1. The third kappa shape index (κ3) is 3.82. The summed E-state index contributed by atoms with van der Waals surface area (Å²) in [7, 11) is 0. The molecule has 0 spiro atoms. The van der Waals surface area contributed by atoms with E-state index in [1.54, 1.807) is 0 Å². The average Bonchev–Trinajstić information content (AvgIpc) is 3.47. The quantitative estimate of drug-likeness (QED) is 0.496. The molecule has 2 aliphatic rings. The Morgan fingerprint density at radius 2 is 1.64 bits per heavy atom. The zero-order chi connectivity index (χ0) is 18.9. The van der Waals surface area contributed by atoms with Gasteiger partial charge in [0.25, 0.3) is 0 Å². The van der Waals surface area contributed by atoms with Gasteiger partial charge in [0.15, 0.2) is 5.65 Å². The predicted molar refractivity (Wildman–Crippen MR) is 114 cm³/mol. The van der Waals surface area contributed by atoms with Crippen molar-refractivity contribution in [3.8, 4) is 0 Å². The van der Waals surface area contributed by atoms with Gasteiger partial charge in [-0.1, -0.05) is 41.9 Å². The third-order valence-corrected chi connectivity index (χ3v) is 7.19. The van der Waals surface area contributed by atoms with Crippen LogP contribution in [0, 0.1) is 11.8 Å². The van der Waals surface area contributed by atoms with Gasteiger partial charge in [0.05, 0.1) is 5.02 Å². The smallest absolute Gasteiger partial charge is 0.179 e. The lowest BCUT2D eigenvalue weighted by Crippen LogP contribution is -2.14. The fourth-order valence-corrected chi connectivity index (χ4v) is 5.08. The molecule has 1 aromatic carbocycles. The van der Waals surface area contributed by atoms with E-state index in [0.717, 1.165) is 47.1 Å². The maximum absolute atomic E-state index is 6.70. The highest BCUT2D eigenvalue weighted by molar-refractivity contribution is 6.34. The maximum atomic E-state index is 6.70. The molecule has 2 aromatic heterocycles. The number of nitrogens with zero attached hydrogens (tertiary/aromatic N) is 3. The van der Waals surface area contributed by atoms with E-state index < -0.39 is 0 Å². The molecule has 0 bridgehead atoms. The van der Waals surface area contributed by atoms with Crippen LogP contribution in [0.1, 0.15) is 67.8 Å². The molecule has 0 aliphatic heterocycles. The van der Waals surface area contributed by atoms with Crippen molar-refractivity contribution in [3.05, 3.63) is 64.6 Å². The van der Waals surface area contributed by atoms with Crippen LogP contribution in [-0.4, -0.2) is 14.6 Å². The van der Waals surface area contributed by atoms with Gasteiger partial charge in [-0.3, -0.25) is 4.40 Å². The summed E-state index contributed by atoms with van der Waals surface area (Å²) in [5, 5.41) is 9.57. The van der Waals surface area contributed by atoms with Crippen LogP contribution in [0.5, 0.6) is 0 Å². The van der Waals surface area contributed by atoms with Gasteiger partial charge in [-0.25, -0.2) is 0 Å². The Bertz CT molecular complexity index is 937. The minimum Gasteiger partial charge on any atom is -0.285 e. The van der Waals surface area contributed by atoms with Gasteiger partial charge in [0.1, 0.15) is 5.82 Å². The Hall–Kier alpha value is -1.87. The molecule has 0 amide bonds. The Labute approximate surface area is 172 Å². The van der Waals surface area contributed by atoms with E-state index in [2.05, 4.69) is 57.2 Å². The predicted octanol–water partition coefficient (Wildman–Crippen LogP) is 6.24. The van der Waals surface area contributed by atoms with Crippen molar-refractivity contribution in [1.29, 1.82) is 0 Å². The second-order valence-electron chi connectivity index (χ2n) is 8.78. The number of halogens is 1. The Morgan fingerprint density at radius 1 is 0.893 bits per heavy atom. The molecule has 5 rings (SSSR count). The van der Waals surface area contributed by atoms with Crippen molar-refractivity contribution in [3.63, 3.8) is 0 Å². The highest BCUT2D eigenvalue weighted by atomic mass is 35.5. The highest BCUT2D eigenvalue weighted by Crippen LogP contribution is 2.38. The first kappa shape index (κ1) is 18.2. The summed E-state index contributed by atoms with van der Waals surface area (Å²) < 4.78 is 2.09. The van der Waals surface area contributed by atoms with Crippen LogP contribution in [0.2, 0.25) is 5.02 Å². The highest BCUT2D eigenvalue weighted by Gasteiger charge is 2.25. The van der Waals surface area contributed by atoms with Crippen LogP contribution in [0.25, 0.3) is 5.65 Å². The molecular formula is C24H28ClN3. The van der Waals surface area contributed by atoms with Gasteiger partial charge in [-0.15, -0.1) is 10.2 Å². The average molecular weight is 394 g/mol. The van der Waals surface area contributed by atoms with E-state index in [-0.39, 0.29) is 0 Å². The zero-order valence-corrected chi connectivity index (χ0v) is 17.1. The first-order valence-corrected chi connectivity index (χ1v) is 11.2. The van der Waals surface area contributed by atoms with E-state index in [0.29, 0.717) is 0 Å². The molecule has 0 N–H and O–H groups in total. The Morgan fingerprint density at radius 3 is 2.39 bits per heavy atom. The van der Waals surface area contributed by atoms with Gasteiger partial charge < -0.3 is 0 Å². The van der Waals surface area contributed by atoms with Crippen molar-refractivity contribution >= 4 is 17.2 Å². The minimum atomic E-state index is 0.748. The third-order valence-electron chi connectivity index (χ3n) is 6.78. The summed E-state index contributed by atoms with van der Waals surface area (Å²) in [4.78, 5) is 0. The van der Waals surface area contributed by atoms with E-state index in [1.807, 2.05) is 0 Å². The molecule has 2 fully saturated rings. The number of rotatable bonds is 6. The first-order chi connectivity index (χ1) is 13.8.